The van der Waals surface area contributed by atoms with E-state index >= 15 is 0 Å². The highest BCUT2D eigenvalue weighted by Crippen LogP contribution is 2.44. The van der Waals surface area contributed by atoms with Crippen LogP contribution in [0.15, 0.2) is 48.5 Å². The quantitative estimate of drug-likeness (QED) is 0.735. The maximum absolute atomic E-state index is 12.7. The molecule has 1 fully saturated rings. The summed E-state index contributed by atoms with van der Waals surface area (Å²) in [6.07, 6.45) is 1.35. The fourth-order valence-electron chi connectivity index (χ4n) is 3.31. The molecule has 0 aliphatic carbocycles. The Morgan fingerprint density at radius 1 is 1.19 bits per heavy atom. The molecule has 1 atom stereocenters. The largest absolute Gasteiger partial charge is 0.326 e. The van der Waals surface area contributed by atoms with Gasteiger partial charge in [0.05, 0.1) is 5.75 Å². The summed E-state index contributed by atoms with van der Waals surface area (Å²) in [6, 6.07) is 16.0. The van der Waals surface area contributed by atoms with Gasteiger partial charge >= 0.3 is 0 Å². The van der Waals surface area contributed by atoms with E-state index in [0.717, 1.165) is 23.4 Å². The molecule has 142 valence electrons. The second-order valence-electron chi connectivity index (χ2n) is 7.06. The summed E-state index contributed by atoms with van der Waals surface area (Å²) in [5.74, 6) is 0.990. The van der Waals surface area contributed by atoms with Gasteiger partial charge in [0, 0.05) is 17.8 Å². The molecular weight excluding hydrogens is 356 g/mol. The molecule has 0 aromatic heterocycles. The van der Waals surface area contributed by atoms with E-state index in [-0.39, 0.29) is 17.2 Å². The van der Waals surface area contributed by atoms with Crippen LogP contribution in [0.25, 0.3) is 0 Å². The van der Waals surface area contributed by atoms with Gasteiger partial charge < -0.3 is 5.32 Å². The van der Waals surface area contributed by atoms with Crippen LogP contribution in [-0.2, 0) is 9.59 Å². The Morgan fingerprint density at radius 3 is 2.56 bits per heavy atom. The Balaban J connectivity index is 1.86. The lowest BCUT2D eigenvalue weighted by atomic mass is 10.00. The average Bonchev–Trinajstić information content (AvgIpc) is 3.04. The maximum atomic E-state index is 12.7. The van der Waals surface area contributed by atoms with Crippen molar-refractivity contribution >= 4 is 35.0 Å². The summed E-state index contributed by atoms with van der Waals surface area (Å²) in [4.78, 5) is 26.4. The molecule has 1 heterocycles. The Labute approximate surface area is 165 Å². The Bertz CT molecular complexity index is 817. The Kier molecular flexibility index (Phi) is 6.22. The molecule has 2 amide bonds. The second-order valence-corrected chi connectivity index (χ2v) is 8.13. The van der Waals surface area contributed by atoms with Gasteiger partial charge in [-0.05, 0) is 41.7 Å². The van der Waals surface area contributed by atoms with Gasteiger partial charge in [0.25, 0.3) is 0 Å². The van der Waals surface area contributed by atoms with Crippen LogP contribution in [0.4, 0.5) is 11.4 Å². The van der Waals surface area contributed by atoms with Gasteiger partial charge in [0.15, 0.2) is 0 Å². The standard InChI is InChI=1S/C22H26N2O2S/c1-4-7-20(25)23-17-12-10-16(11-13-17)22-24(21(26)14-27-22)19-9-6-5-8-18(19)15(2)3/h5-6,8-13,15,22H,4,7,14H2,1-3H3,(H,23,25)/t22-/m1/s1. The van der Waals surface area contributed by atoms with E-state index in [2.05, 4.69) is 25.2 Å². The van der Waals surface area contributed by atoms with Crippen LogP contribution in [0.5, 0.6) is 0 Å². The van der Waals surface area contributed by atoms with Gasteiger partial charge in [-0.3, -0.25) is 14.5 Å². The summed E-state index contributed by atoms with van der Waals surface area (Å²) in [7, 11) is 0. The van der Waals surface area contributed by atoms with Gasteiger partial charge in [-0.1, -0.05) is 51.1 Å². The molecular formula is C22H26N2O2S. The molecule has 5 heteroatoms. The smallest absolute Gasteiger partial charge is 0.238 e. The zero-order valence-corrected chi connectivity index (χ0v) is 16.9. The van der Waals surface area contributed by atoms with Crippen LogP contribution in [0.1, 0.15) is 56.0 Å². The predicted molar refractivity (Wildman–Crippen MR) is 113 cm³/mol. The lowest BCUT2D eigenvalue weighted by Crippen LogP contribution is -2.29. The number of rotatable bonds is 6. The SMILES string of the molecule is CCCC(=O)Nc1ccc([C@H]2SCC(=O)N2c2ccccc2C(C)C)cc1. The molecule has 0 unspecified atom stereocenters. The van der Waals surface area contributed by atoms with E-state index in [4.69, 9.17) is 0 Å². The summed E-state index contributed by atoms with van der Waals surface area (Å²) in [5.41, 5.74) is 4.04. The highest BCUT2D eigenvalue weighted by molar-refractivity contribution is 8.00. The van der Waals surface area contributed by atoms with Crippen molar-refractivity contribution in [3.05, 3.63) is 59.7 Å². The third-order valence-corrected chi connectivity index (χ3v) is 5.86. The third kappa shape index (κ3) is 4.35. The van der Waals surface area contributed by atoms with Crippen molar-refractivity contribution in [1.82, 2.24) is 0 Å². The number of nitrogens with zero attached hydrogens (tertiary/aromatic N) is 1. The molecule has 1 aliphatic rings. The zero-order valence-electron chi connectivity index (χ0n) is 16.1. The van der Waals surface area contributed by atoms with E-state index in [1.807, 2.05) is 54.3 Å². The van der Waals surface area contributed by atoms with E-state index in [1.165, 1.54) is 5.56 Å². The number of nitrogens with one attached hydrogen (secondary N) is 1. The highest BCUT2D eigenvalue weighted by Gasteiger charge is 2.35. The fourth-order valence-corrected chi connectivity index (χ4v) is 4.48. The molecule has 1 saturated heterocycles. The monoisotopic (exact) mass is 382 g/mol. The van der Waals surface area contributed by atoms with Gasteiger partial charge in [0.2, 0.25) is 11.8 Å². The number of para-hydroxylation sites is 1. The minimum atomic E-state index is -0.0437. The second kappa shape index (κ2) is 8.61. The summed E-state index contributed by atoms with van der Waals surface area (Å²) >= 11 is 1.64. The number of hydrogen-bond acceptors (Lipinski definition) is 3. The van der Waals surface area contributed by atoms with Crippen LogP contribution in [0.2, 0.25) is 0 Å². The molecule has 3 rings (SSSR count). The van der Waals surface area contributed by atoms with Gasteiger partial charge in [-0.2, -0.15) is 0 Å². The molecule has 0 radical (unpaired) electrons. The molecule has 2 aromatic rings. The minimum Gasteiger partial charge on any atom is -0.326 e. The highest BCUT2D eigenvalue weighted by atomic mass is 32.2. The number of amides is 2. The van der Waals surface area contributed by atoms with Crippen molar-refractivity contribution in [2.24, 2.45) is 0 Å². The lowest BCUT2D eigenvalue weighted by molar-refractivity contribution is -0.116. The normalized spacial score (nSPS) is 16.8. The van der Waals surface area contributed by atoms with Crippen molar-refractivity contribution < 1.29 is 9.59 Å². The minimum absolute atomic E-state index is 0.0307. The van der Waals surface area contributed by atoms with Gasteiger partial charge in [-0.15, -0.1) is 11.8 Å². The molecule has 4 nitrogen and oxygen atoms in total. The number of hydrogen-bond donors (Lipinski definition) is 1. The number of thioether (sulfide) groups is 1. The summed E-state index contributed by atoms with van der Waals surface area (Å²) in [6.45, 7) is 6.28. The number of benzene rings is 2. The molecule has 1 N–H and O–H groups in total. The van der Waals surface area contributed by atoms with Crippen molar-refractivity contribution in [3.8, 4) is 0 Å². The molecule has 2 aromatic carbocycles. The van der Waals surface area contributed by atoms with E-state index in [0.29, 0.717) is 18.1 Å². The van der Waals surface area contributed by atoms with Gasteiger partial charge in [0.1, 0.15) is 5.37 Å². The summed E-state index contributed by atoms with van der Waals surface area (Å²) in [5, 5.41) is 2.87. The first kappa shape index (κ1) is 19.5. The average molecular weight is 383 g/mol. The Hall–Kier alpha value is -2.27. The predicted octanol–water partition coefficient (Wildman–Crippen LogP) is 5.33. The lowest BCUT2D eigenvalue weighted by Gasteiger charge is -2.27. The van der Waals surface area contributed by atoms with Crippen LogP contribution in [-0.4, -0.2) is 17.6 Å². The van der Waals surface area contributed by atoms with Crippen LogP contribution in [0, 0.1) is 0 Å². The van der Waals surface area contributed by atoms with Gasteiger partial charge in [-0.25, -0.2) is 0 Å². The third-order valence-electron chi connectivity index (χ3n) is 4.64. The summed E-state index contributed by atoms with van der Waals surface area (Å²) < 4.78 is 0. The first-order chi connectivity index (χ1) is 13.0. The fraction of sp³-hybridized carbons (Fsp3) is 0.364. The van der Waals surface area contributed by atoms with E-state index in [9.17, 15) is 9.59 Å². The van der Waals surface area contributed by atoms with Crippen LogP contribution in [0.3, 0.4) is 0 Å². The van der Waals surface area contributed by atoms with Crippen molar-refractivity contribution in [1.29, 1.82) is 0 Å². The number of anilines is 2. The number of carbonyl (C=O) groups excluding carboxylic acids is 2. The number of carbonyl (C=O) groups is 2. The van der Waals surface area contributed by atoms with Crippen LogP contribution < -0.4 is 10.2 Å². The van der Waals surface area contributed by atoms with Crippen LogP contribution >= 0.6 is 11.8 Å². The zero-order chi connectivity index (χ0) is 19.4. The Morgan fingerprint density at radius 2 is 1.89 bits per heavy atom. The van der Waals surface area contributed by atoms with Crippen molar-refractivity contribution in [2.45, 2.75) is 44.9 Å². The van der Waals surface area contributed by atoms with E-state index < -0.39 is 0 Å². The molecule has 0 saturated carbocycles. The first-order valence-electron chi connectivity index (χ1n) is 9.43. The first-order valence-corrected chi connectivity index (χ1v) is 10.5. The maximum Gasteiger partial charge on any atom is 0.238 e. The molecule has 0 spiro atoms. The molecule has 1 aliphatic heterocycles. The topological polar surface area (TPSA) is 49.4 Å². The molecule has 27 heavy (non-hydrogen) atoms. The van der Waals surface area contributed by atoms with Crippen molar-refractivity contribution in [2.75, 3.05) is 16.0 Å². The van der Waals surface area contributed by atoms with E-state index in [1.54, 1.807) is 11.8 Å². The van der Waals surface area contributed by atoms with Crippen molar-refractivity contribution in [3.63, 3.8) is 0 Å². The molecule has 0 bridgehead atoms.